The van der Waals surface area contributed by atoms with E-state index in [9.17, 15) is 9.59 Å². The summed E-state index contributed by atoms with van der Waals surface area (Å²) in [6.45, 7) is 4.42. The summed E-state index contributed by atoms with van der Waals surface area (Å²) in [6, 6.07) is 6.19. The van der Waals surface area contributed by atoms with E-state index >= 15 is 0 Å². The highest BCUT2D eigenvalue weighted by Crippen LogP contribution is 2.34. The Bertz CT molecular complexity index is 702. The summed E-state index contributed by atoms with van der Waals surface area (Å²) in [6.07, 6.45) is 2.21. The number of nitrogens with one attached hydrogen (secondary N) is 1. The molecule has 2 amide bonds. The number of thioether (sulfide) groups is 1. The lowest BCUT2D eigenvalue weighted by Gasteiger charge is -2.34. The summed E-state index contributed by atoms with van der Waals surface area (Å²) >= 11 is 1.52. The Hall–Kier alpha value is -1.93. The summed E-state index contributed by atoms with van der Waals surface area (Å²) in [7, 11) is 0. The number of fused-ring (bicyclic) bond motifs is 1. The van der Waals surface area contributed by atoms with Crippen LogP contribution in [-0.2, 0) is 9.59 Å². The molecule has 2 heterocycles. The smallest absolute Gasteiger partial charge is 0.234 e. The van der Waals surface area contributed by atoms with Gasteiger partial charge in [0.25, 0.3) is 0 Å². The molecule has 7 nitrogen and oxygen atoms in total. The molecule has 1 aromatic rings. The number of amides is 2. The van der Waals surface area contributed by atoms with E-state index in [1.807, 2.05) is 23.1 Å². The lowest BCUT2D eigenvalue weighted by molar-refractivity contribution is -0.130. The third kappa shape index (κ3) is 5.07. The van der Waals surface area contributed by atoms with Gasteiger partial charge in [-0.05, 0) is 31.0 Å². The predicted octanol–water partition coefficient (Wildman–Crippen LogP) is 0.973. The quantitative estimate of drug-likeness (QED) is 0.729. The molecule has 1 N–H and O–H groups in total. The fourth-order valence-corrected chi connectivity index (χ4v) is 4.04. The predicted molar refractivity (Wildman–Crippen MR) is 102 cm³/mol. The molecular weight excluding hydrogens is 366 g/mol. The van der Waals surface area contributed by atoms with Crippen molar-refractivity contribution in [2.75, 3.05) is 51.7 Å². The van der Waals surface area contributed by atoms with Gasteiger partial charge in [-0.25, -0.2) is 0 Å². The largest absolute Gasteiger partial charge is 0.486 e. The highest BCUT2D eigenvalue weighted by atomic mass is 32.2. The summed E-state index contributed by atoms with van der Waals surface area (Å²) in [5.41, 5.74) is 0. The zero-order valence-electron chi connectivity index (χ0n) is 15.3. The van der Waals surface area contributed by atoms with Crippen LogP contribution < -0.4 is 14.8 Å². The van der Waals surface area contributed by atoms with Crippen molar-refractivity contribution >= 4 is 23.6 Å². The summed E-state index contributed by atoms with van der Waals surface area (Å²) in [4.78, 5) is 29.4. The summed E-state index contributed by atoms with van der Waals surface area (Å²) < 4.78 is 11.1. The van der Waals surface area contributed by atoms with Crippen LogP contribution in [0.15, 0.2) is 23.1 Å². The van der Waals surface area contributed by atoms with Gasteiger partial charge in [-0.2, -0.15) is 0 Å². The van der Waals surface area contributed by atoms with Crippen molar-refractivity contribution in [2.24, 2.45) is 0 Å². The van der Waals surface area contributed by atoms with Crippen molar-refractivity contribution in [1.29, 1.82) is 0 Å². The van der Waals surface area contributed by atoms with Crippen molar-refractivity contribution in [3.8, 4) is 11.5 Å². The van der Waals surface area contributed by atoms with E-state index in [0.717, 1.165) is 42.3 Å². The molecule has 1 saturated heterocycles. The molecular formula is C19H25N3O4S. The molecule has 1 aromatic carbocycles. The zero-order chi connectivity index (χ0) is 18.6. The van der Waals surface area contributed by atoms with Crippen LogP contribution in [0, 0.1) is 0 Å². The Labute approximate surface area is 163 Å². The Kier molecular flexibility index (Phi) is 5.73. The van der Waals surface area contributed by atoms with Crippen LogP contribution in [0.5, 0.6) is 11.5 Å². The number of piperazine rings is 1. The minimum atomic E-state index is 0.103. The van der Waals surface area contributed by atoms with Gasteiger partial charge in [0, 0.05) is 37.1 Å². The van der Waals surface area contributed by atoms with Crippen molar-refractivity contribution in [1.82, 2.24) is 15.1 Å². The number of hydrogen-bond acceptors (Lipinski definition) is 6. The molecule has 3 aliphatic rings. The number of rotatable bonds is 6. The van der Waals surface area contributed by atoms with Gasteiger partial charge in [-0.1, -0.05) is 0 Å². The topological polar surface area (TPSA) is 71.1 Å². The van der Waals surface area contributed by atoms with Gasteiger partial charge >= 0.3 is 0 Å². The monoisotopic (exact) mass is 391 g/mol. The molecule has 0 spiro atoms. The van der Waals surface area contributed by atoms with E-state index in [2.05, 4.69) is 10.2 Å². The van der Waals surface area contributed by atoms with Gasteiger partial charge in [0.15, 0.2) is 11.5 Å². The average Bonchev–Trinajstić information content (AvgIpc) is 3.50. The number of nitrogens with zero attached hydrogens (tertiary/aromatic N) is 2. The van der Waals surface area contributed by atoms with Gasteiger partial charge in [0.05, 0.1) is 12.3 Å². The molecule has 1 aliphatic carbocycles. The van der Waals surface area contributed by atoms with E-state index < -0.39 is 0 Å². The van der Waals surface area contributed by atoms with Gasteiger partial charge in [-0.15, -0.1) is 11.8 Å². The Balaban J connectivity index is 1.19. The first-order valence-corrected chi connectivity index (χ1v) is 10.5. The minimum absolute atomic E-state index is 0.103. The second-order valence-electron chi connectivity index (χ2n) is 7.09. The van der Waals surface area contributed by atoms with Crippen LogP contribution in [0.3, 0.4) is 0 Å². The highest BCUT2D eigenvalue weighted by molar-refractivity contribution is 8.00. The molecule has 4 rings (SSSR count). The Morgan fingerprint density at radius 2 is 1.81 bits per heavy atom. The standard InChI is InChI=1S/C19H25N3O4S/c23-18(20-14-1-2-14)12-21-5-7-22(8-6-21)19(24)13-27-15-3-4-16-17(11-15)26-10-9-25-16/h3-4,11,14H,1-2,5-10,12-13H2,(H,20,23). The average molecular weight is 391 g/mol. The molecule has 8 heteroatoms. The molecule has 0 bridgehead atoms. The molecule has 2 fully saturated rings. The van der Waals surface area contributed by atoms with Gasteiger partial charge in [0.1, 0.15) is 13.2 Å². The Morgan fingerprint density at radius 1 is 1.07 bits per heavy atom. The van der Waals surface area contributed by atoms with E-state index in [4.69, 9.17) is 9.47 Å². The number of benzene rings is 1. The summed E-state index contributed by atoms with van der Waals surface area (Å²) in [5.74, 6) is 2.15. The summed E-state index contributed by atoms with van der Waals surface area (Å²) in [5, 5.41) is 3.01. The minimum Gasteiger partial charge on any atom is -0.486 e. The highest BCUT2D eigenvalue weighted by Gasteiger charge is 2.26. The molecule has 27 heavy (non-hydrogen) atoms. The third-order valence-electron chi connectivity index (χ3n) is 4.91. The van der Waals surface area contributed by atoms with Crippen LogP contribution in [0.2, 0.25) is 0 Å². The molecule has 0 atom stereocenters. The normalized spacial score (nSPS) is 19.6. The molecule has 146 valence electrons. The van der Waals surface area contributed by atoms with Crippen molar-refractivity contribution < 1.29 is 19.1 Å². The van der Waals surface area contributed by atoms with E-state index in [-0.39, 0.29) is 11.8 Å². The van der Waals surface area contributed by atoms with Crippen LogP contribution in [0.1, 0.15) is 12.8 Å². The van der Waals surface area contributed by atoms with Crippen LogP contribution >= 0.6 is 11.8 Å². The molecule has 0 aromatic heterocycles. The van der Waals surface area contributed by atoms with Crippen molar-refractivity contribution in [3.05, 3.63) is 18.2 Å². The first kappa shape index (κ1) is 18.4. The Morgan fingerprint density at radius 3 is 2.56 bits per heavy atom. The maximum Gasteiger partial charge on any atom is 0.234 e. The zero-order valence-corrected chi connectivity index (χ0v) is 16.1. The number of carbonyl (C=O) groups excluding carboxylic acids is 2. The van der Waals surface area contributed by atoms with E-state index in [1.165, 1.54) is 11.8 Å². The fourth-order valence-electron chi connectivity index (χ4n) is 3.21. The third-order valence-corrected chi connectivity index (χ3v) is 5.89. The maximum atomic E-state index is 12.5. The van der Waals surface area contributed by atoms with E-state index in [1.54, 1.807) is 0 Å². The first-order chi connectivity index (χ1) is 13.2. The maximum absolute atomic E-state index is 12.5. The molecule has 0 unspecified atom stereocenters. The SMILES string of the molecule is O=C(CN1CCN(C(=O)CSc2ccc3c(c2)OCCO3)CC1)NC1CC1. The molecule has 0 radical (unpaired) electrons. The second-order valence-corrected chi connectivity index (χ2v) is 8.14. The van der Waals surface area contributed by atoms with E-state index in [0.29, 0.717) is 44.6 Å². The van der Waals surface area contributed by atoms with Crippen LogP contribution in [0.25, 0.3) is 0 Å². The van der Waals surface area contributed by atoms with Gasteiger partial charge in [-0.3, -0.25) is 14.5 Å². The number of hydrogen-bond donors (Lipinski definition) is 1. The van der Waals surface area contributed by atoms with Crippen molar-refractivity contribution in [2.45, 2.75) is 23.8 Å². The number of ether oxygens (including phenoxy) is 2. The second kappa shape index (κ2) is 8.39. The van der Waals surface area contributed by atoms with Crippen LogP contribution in [-0.4, -0.2) is 79.3 Å². The lowest BCUT2D eigenvalue weighted by atomic mass is 10.3. The van der Waals surface area contributed by atoms with Crippen molar-refractivity contribution in [3.63, 3.8) is 0 Å². The van der Waals surface area contributed by atoms with Crippen LogP contribution in [0.4, 0.5) is 0 Å². The molecule has 2 aliphatic heterocycles. The fraction of sp³-hybridized carbons (Fsp3) is 0.579. The lowest BCUT2D eigenvalue weighted by Crippen LogP contribution is -2.51. The number of carbonyl (C=O) groups is 2. The first-order valence-electron chi connectivity index (χ1n) is 9.49. The van der Waals surface area contributed by atoms with Gasteiger partial charge in [0.2, 0.25) is 11.8 Å². The van der Waals surface area contributed by atoms with Gasteiger partial charge < -0.3 is 19.7 Å². The molecule has 1 saturated carbocycles.